The Morgan fingerprint density at radius 3 is 2.23 bits per heavy atom. The summed E-state index contributed by atoms with van der Waals surface area (Å²) in [5, 5.41) is 1.81. The van der Waals surface area contributed by atoms with E-state index in [4.69, 9.17) is 14.2 Å². The van der Waals surface area contributed by atoms with Crippen LogP contribution in [-0.4, -0.2) is 45.6 Å². The van der Waals surface area contributed by atoms with Gasteiger partial charge >= 0.3 is 18.0 Å². The molecule has 35 heavy (non-hydrogen) atoms. The average molecular weight is 519 g/mol. The number of hydrogen-bond donors (Lipinski definition) is 1. The van der Waals surface area contributed by atoms with Crippen molar-refractivity contribution in [3.05, 3.63) is 45.6 Å². The molecule has 6 nitrogen and oxygen atoms in total. The van der Waals surface area contributed by atoms with Crippen LogP contribution in [0.4, 0.5) is 22.0 Å². The minimum Gasteiger partial charge on any atom is -0.493 e. The zero-order chi connectivity index (χ0) is 26.1. The lowest BCUT2D eigenvalue weighted by Crippen LogP contribution is -2.51. The van der Waals surface area contributed by atoms with Gasteiger partial charge in [-0.05, 0) is 54.0 Å². The van der Waals surface area contributed by atoms with Crippen molar-refractivity contribution in [3.63, 3.8) is 0 Å². The molecule has 0 radical (unpaired) electrons. The van der Waals surface area contributed by atoms with Crippen LogP contribution in [0.5, 0.6) is 17.2 Å². The SMILES string of the molecule is COc1cc2c(c(OC)c1OC)-c1ccc(SC)c(=O)cc1[C@@H](NC(=O)C(F)(F)C(F)(F)F)CC2. The molecule has 1 aliphatic rings. The maximum atomic E-state index is 13.8. The predicted octanol–water partition coefficient (Wildman–Crippen LogP) is 4.76. The zero-order valence-corrected chi connectivity index (χ0v) is 20.0. The second kappa shape index (κ2) is 9.92. The summed E-state index contributed by atoms with van der Waals surface area (Å²) >= 11 is 1.14. The summed E-state index contributed by atoms with van der Waals surface area (Å²) in [7, 11) is 4.17. The Balaban J connectivity index is 2.30. The van der Waals surface area contributed by atoms with Crippen molar-refractivity contribution in [2.75, 3.05) is 27.6 Å². The first-order chi connectivity index (χ1) is 16.4. The van der Waals surface area contributed by atoms with Crippen molar-refractivity contribution in [1.29, 1.82) is 0 Å². The normalized spacial score (nSPS) is 15.4. The minimum absolute atomic E-state index is 0.0730. The third-order valence-electron chi connectivity index (χ3n) is 5.67. The fourth-order valence-corrected chi connectivity index (χ4v) is 4.46. The summed E-state index contributed by atoms with van der Waals surface area (Å²) in [6.07, 6.45) is -4.35. The lowest BCUT2D eigenvalue weighted by atomic mass is 9.95. The van der Waals surface area contributed by atoms with Gasteiger partial charge in [-0.1, -0.05) is 6.07 Å². The maximum absolute atomic E-state index is 13.8. The molecule has 3 rings (SSSR count). The Kier molecular flexibility index (Phi) is 7.53. The highest BCUT2D eigenvalue weighted by Crippen LogP contribution is 2.50. The second-order valence-corrected chi connectivity index (χ2v) is 8.44. The number of fused-ring (bicyclic) bond motifs is 3. The van der Waals surface area contributed by atoms with Gasteiger partial charge in [0.1, 0.15) is 0 Å². The average Bonchev–Trinajstić information content (AvgIpc) is 3.05. The van der Waals surface area contributed by atoms with E-state index < -0.39 is 29.5 Å². The van der Waals surface area contributed by atoms with E-state index in [9.17, 15) is 31.5 Å². The van der Waals surface area contributed by atoms with Crippen LogP contribution in [0.3, 0.4) is 0 Å². The van der Waals surface area contributed by atoms with E-state index in [0.29, 0.717) is 27.3 Å². The molecule has 1 atom stereocenters. The van der Waals surface area contributed by atoms with Crippen LogP contribution in [-0.2, 0) is 11.2 Å². The van der Waals surface area contributed by atoms with Crippen molar-refractivity contribution in [2.24, 2.45) is 0 Å². The number of benzene rings is 1. The molecular weight excluding hydrogens is 497 g/mol. The van der Waals surface area contributed by atoms with Gasteiger partial charge in [0.15, 0.2) is 16.9 Å². The van der Waals surface area contributed by atoms with Crippen LogP contribution >= 0.6 is 11.8 Å². The minimum atomic E-state index is -6.07. The Bertz CT molecular complexity index is 1200. The summed E-state index contributed by atoms with van der Waals surface area (Å²) in [6.45, 7) is 0. The molecule has 1 aliphatic carbocycles. The second-order valence-electron chi connectivity index (χ2n) is 7.60. The third kappa shape index (κ3) is 4.75. The number of thioether (sulfide) groups is 1. The smallest absolute Gasteiger partial charge is 0.463 e. The van der Waals surface area contributed by atoms with Gasteiger partial charge in [-0.15, -0.1) is 11.8 Å². The molecule has 0 saturated heterocycles. The predicted molar refractivity (Wildman–Crippen MR) is 120 cm³/mol. The molecule has 12 heteroatoms. The van der Waals surface area contributed by atoms with Crippen molar-refractivity contribution in [2.45, 2.75) is 35.9 Å². The van der Waals surface area contributed by atoms with Gasteiger partial charge in [-0.3, -0.25) is 9.59 Å². The first kappa shape index (κ1) is 26.6. The van der Waals surface area contributed by atoms with Crippen molar-refractivity contribution in [1.82, 2.24) is 5.32 Å². The largest absolute Gasteiger partial charge is 0.493 e. The van der Waals surface area contributed by atoms with E-state index in [1.165, 1.54) is 27.4 Å². The monoisotopic (exact) mass is 519 g/mol. The molecule has 2 aromatic carbocycles. The third-order valence-corrected chi connectivity index (χ3v) is 6.44. The Labute approximate surface area is 201 Å². The maximum Gasteiger partial charge on any atom is 0.463 e. The molecule has 0 aromatic heterocycles. The molecule has 0 fully saturated rings. The molecular formula is C23H22F5NO5S. The summed E-state index contributed by atoms with van der Waals surface area (Å²) in [6, 6.07) is 4.51. The van der Waals surface area contributed by atoms with Crippen molar-refractivity contribution >= 4 is 17.7 Å². The van der Waals surface area contributed by atoms with Gasteiger partial charge in [0.2, 0.25) is 5.75 Å². The van der Waals surface area contributed by atoms with E-state index in [1.807, 2.05) is 5.32 Å². The fraction of sp³-hybridized carbons (Fsp3) is 0.391. The van der Waals surface area contributed by atoms with Crippen molar-refractivity contribution < 1.29 is 41.0 Å². The lowest BCUT2D eigenvalue weighted by Gasteiger charge is -2.23. The van der Waals surface area contributed by atoms with Crippen LogP contribution < -0.4 is 25.0 Å². The molecule has 0 heterocycles. The van der Waals surface area contributed by atoms with Gasteiger partial charge in [-0.2, -0.15) is 22.0 Å². The summed E-state index contributed by atoms with van der Waals surface area (Å²) in [5.41, 5.74) is 0.953. The van der Waals surface area contributed by atoms with Gasteiger partial charge < -0.3 is 19.5 Å². The highest BCUT2D eigenvalue weighted by molar-refractivity contribution is 7.98. The van der Waals surface area contributed by atoms with Crippen LogP contribution in [0.25, 0.3) is 11.1 Å². The summed E-state index contributed by atoms with van der Waals surface area (Å²) in [4.78, 5) is 25.1. The van der Waals surface area contributed by atoms with Crippen LogP contribution in [0, 0.1) is 0 Å². The number of carbonyl (C=O) groups is 1. The Morgan fingerprint density at radius 2 is 1.69 bits per heavy atom. The number of ether oxygens (including phenoxy) is 3. The molecule has 0 bridgehead atoms. The van der Waals surface area contributed by atoms with Crippen LogP contribution in [0.2, 0.25) is 0 Å². The number of alkyl halides is 5. The number of nitrogens with one attached hydrogen (secondary N) is 1. The topological polar surface area (TPSA) is 73.9 Å². The van der Waals surface area contributed by atoms with E-state index >= 15 is 0 Å². The molecule has 1 amide bonds. The van der Waals surface area contributed by atoms with Crippen molar-refractivity contribution in [3.8, 4) is 28.4 Å². The molecule has 190 valence electrons. The van der Waals surface area contributed by atoms with Gasteiger partial charge in [0.05, 0.1) is 32.3 Å². The van der Waals surface area contributed by atoms with Gasteiger partial charge in [-0.25, -0.2) is 0 Å². The number of halogens is 5. The number of carbonyl (C=O) groups excluding carboxylic acids is 1. The van der Waals surface area contributed by atoms with Crippen LogP contribution in [0.15, 0.2) is 34.0 Å². The van der Waals surface area contributed by atoms with E-state index in [1.54, 1.807) is 18.4 Å². The Hall–Kier alpha value is -3.02. The number of rotatable bonds is 6. The number of methoxy groups -OCH3 is 3. The van der Waals surface area contributed by atoms with Gasteiger partial charge in [0, 0.05) is 5.56 Å². The molecule has 1 N–H and O–H groups in total. The lowest BCUT2D eigenvalue weighted by molar-refractivity contribution is -0.270. The zero-order valence-electron chi connectivity index (χ0n) is 19.1. The standard InChI is InChI=1S/C23H22F5NO5S/c1-32-16-9-11-5-7-14(29-21(31)22(24,25)23(26,27)28)13-10-15(30)17(35-4)8-6-12(13)18(11)20(34-3)19(16)33-2/h6,8-10,14H,5,7H2,1-4H3,(H,29,31)/t14-/m0/s1. The number of hydrogen-bond acceptors (Lipinski definition) is 6. The van der Waals surface area contributed by atoms with E-state index in [-0.39, 0.29) is 29.9 Å². The summed E-state index contributed by atoms with van der Waals surface area (Å²) < 4.78 is 82.3. The molecule has 0 saturated carbocycles. The summed E-state index contributed by atoms with van der Waals surface area (Å²) in [5.74, 6) is -7.36. The van der Waals surface area contributed by atoms with E-state index in [0.717, 1.165) is 17.8 Å². The fourth-order valence-electron chi connectivity index (χ4n) is 3.99. The quantitative estimate of drug-likeness (QED) is 0.438. The number of aryl methyl sites for hydroxylation is 1. The van der Waals surface area contributed by atoms with Gasteiger partial charge in [0.25, 0.3) is 0 Å². The molecule has 2 aromatic rings. The first-order valence-corrected chi connectivity index (χ1v) is 11.4. The molecule has 0 aliphatic heterocycles. The Morgan fingerprint density at radius 1 is 1.03 bits per heavy atom. The molecule has 0 spiro atoms. The highest BCUT2D eigenvalue weighted by atomic mass is 32.2. The first-order valence-electron chi connectivity index (χ1n) is 10.2. The van der Waals surface area contributed by atoms with Crippen LogP contribution in [0.1, 0.15) is 23.6 Å². The highest BCUT2D eigenvalue weighted by Gasteiger charge is 2.63. The number of amides is 1. The van der Waals surface area contributed by atoms with E-state index in [2.05, 4.69) is 0 Å². The molecule has 0 unspecified atom stereocenters.